The lowest BCUT2D eigenvalue weighted by molar-refractivity contribution is 0.134. The van der Waals surface area contributed by atoms with E-state index in [0.29, 0.717) is 5.69 Å². The van der Waals surface area contributed by atoms with Crippen LogP contribution in [0.1, 0.15) is 19.5 Å². The third-order valence-electron chi connectivity index (χ3n) is 2.14. The van der Waals surface area contributed by atoms with Gasteiger partial charge in [-0.15, -0.1) is 0 Å². The predicted octanol–water partition coefficient (Wildman–Crippen LogP) is 1.44. The average molecular weight is 235 g/mol. The number of nitrogens with zero attached hydrogens (tertiary/aromatic N) is 1. The standard InChI is InChI=1S/C12H15N2O3/c1-9(2)11(7-15)14-12(16)17-8-10-5-3-4-6-13-10/h3-6,9,11H,8H2,1-2H3,(H,14,16)/t11-/m1/s1. The molecule has 1 atom stereocenters. The number of carbonyl (C=O) groups is 1. The van der Waals surface area contributed by atoms with Gasteiger partial charge in [0.2, 0.25) is 6.29 Å². The van der Waals surface area contributed by atoms with Gasteiger partial charge in [0.15, 0.2) is 0 Å². The summed E-state index contributed by atoms with van der Waals surface area (Å²) in [5.41, 5.74) is 0.652. The smallest absolute Gasteiger partial charge is 0.408 e. The summed E-state index contributed by atoms with van der Waals surface area (Å²) in [5.74, 6) is -0.0186. The molecule has 0 saturated carbocycles. The number of hydrogen-bond donors (Lipinski definition) is 1. The van der Waals surface area contributed by atoms with E-state index >= 15 is 0 Å². The van der Waals surface area contributed by atoms with Crippen molar-refractivity contribution in [2.45, 2.75) is 26.5 Å². The van der Waals surface area contributed by atoms with Gasteiger partial charge in [-0.2, -0.15) is 0 Å². The number of rotatable bonds is 5. The minimum atomic E-state index is -0.647. The van der Waals surface area contributed by atoms with Gasteiger partial charge >= 0.3 is 6.09 Å². The summed E-state index contributed by atoms with van der Waals surface area (Å²) in [6.07, 6.45) is 2.73. The van der Waals surface area contributed by atoms with E-state index in [2.05, 4.69) is 10.3 Å². The lowest BCUT2D eigenvalue weighted by atomic mass is 10.1. The van der Waals surface area contributed by atoms with Gasteiger partial charge in [0, 0.05) is 6.20 Å². The summed E-state index contributed by atoms with van der Waals surface area (Å²) in [7, 11) is 0. The number of hydrogen-bond acceptors (Lipinski definition) is 4. The number of alkyl carbamates (subject to hydrolysis) is 1. The second kappa shape index (κ2) is 6.62. The van der Waals surface area contributed by atoms with Crippen molar-refractivity contribution in [1.29, 1.82) is 0 Å². The van der Waals surface area contributed by atoms with E-state index in [1.165, 1.54) is 0 Å². The van der Waals surface area contributed by atoms with Crippen molar-refractivity contribution in [3.05, 3.63) is 30.1 Å². The molecule has 1 N–H and O–H groups in total. The highest BCUT2D eigenvalue weighted by atomic mass is 16.5. The van der Waals surface area contributed by atoms with Crippen molar-refractivity contribution >= 4 is 12.4 Å². The zero-order valence-electron chi connectivity index (χ0n) is 9.84. The van der Waals surface area contributed by atoms with Crippen LogP contribution in [0, 0.1) is 5.92 Å². The number of ether oxygens (including phenoxy) is 1. The first-order valence-corrected chi connectivity index (χ1v) is 5.34. The third-order valence-corrected chi connectivity index (χ3v) is 2.14. The molecular formula is C12H15N2O3. The minimum Gasteiger partial charge on any atom is -0.443 e. The van der Waals surface area contributed by atoms with Gasteiger partial charge in [0.25, 0.3) is 0 Å². The molecule has 0 saturated heterocycles. The maximum atomic E-state index is 11.4. The molecule has 1 radical (unpaired) electrons. The molecule has 91 valence electrons. The second-order valence-electron chi connectivity index (χ2n) is 3.88. The van der Waals surface area contributed by atoms with Crippen molar-refractivity contribution in [1.82, 2.24) is 10.3 Å². The fraction of sp³-hybridized carbons (Fsp3) is 0.417. The maximum absolute atomic E-state index is 11.4. The van der Waals surface area contributed by atoms with Gasteiger partial charge < -0.3 is 10.1 Å². The summed E-state index contributed by atoms with van der Waals surface area (Å²) >= 11 is 0. The minimum absolute atomic E-state index is 0.0186. The van der Waals surface area contributed by atoms with Gasteiger partial charge in [0.1, 0.15) is 12.6 Å². The van der Waals surface area contributed by atoms with Crippen LogP contribution in [0.4, 0.5) is 4.79 Å². The molecule has 0 aliphatic rings. The van der Waals surface area contributed by atoms with E-state index in [1.807, 2.05) is 13.8 Å². The predicted molar refractivity (Wildman–Crippen MR) is 61.9 cm³/mol. The molecule has 0 spiro atoms. The largest absolute Gasteiger partial charge is 0.443 e. The van der Waals surface area contributed by atoms with E-state index in [4.69, 9.17) is 4.74 Å². The summed E-state index contributed by atoms with van der Waals surface area (Å²) in [5, 5.41) is 2.42. The van der Waals surface area contributed by atoms with E-state index in [1.54, 1.807) is 30.7 Å². The van der Waals surface area contributed by atoms with Crippen LogP contribution in [0.5, 0.6) is 0 Å². The summed E-state index contributed by atoms with van der Waals surface area (Å²) in [6.45, 7) is 3.71. The molecular weight excluding hydrogens is 220 g/mol. The summed E-state index contributed by atoms with van der Waals surface area (Å²) in [6, 6.07) is 4.68. The van der Waals surface area contributed by atoms with Gasteiger partial charge in [-0.3, -0.25) is 9.78 Å². The Balaban J connectivity index is 2.37. The van der Waals surface area contributed by atoms with Gasteiger partial charge in [-0.1, -0.05) is 19.9 Å². The fourth-order valence-corrected chi connectivity index (χ4v) is 1.12. The first-order chi connectivity index (χ1) is 8.13. The molecule has 5 nitrogen and oxygen atoms in total. The molecule has 5 heteroatoms. The first kappa shape index (κ1) is 13.2. The molecule has 0 fully saturated rings. The summed E-state index contributed by atoms with van der Waals surface area (Å²) < 4.78 is 4.92. The van der Waals surface area contributed by atoms with Crippen molar-refractivity contribution in [2.24, 2.45) is 5.92 Å². The SMILES string of the molecule is CC(C)[C@@H]([C]=O)NC(=O)OCc1ccccn1. The molecule has 0 aliphatic carbocycles. The zero-order chi connectivity index (χ0) is 12.7. The van der Waals surface area contributed by atoms with Gasteiger partial charge in [0.05, 0.1) is 5.69 Å². The van der Waals surface area contributed by atoms with Crippen molar-refractivity contribution in [3.63, 3.8) is 0 Å². The zero-order valence-corrected chi connectivity index (χ0v) is 9.84. The normalized spacial score (nSPS) is 11.9. The molecule has 0 unspecified atom stereocenters. The Hall–Kier alpha value is -1.91. The van der Waals surface area contributed by atoms with E-state index in [-0.39, 0.29) is 12.5 Å². The molecule has 0 aromatic carbocycles. The number of nitrogens with one attached hydrogen (secondary N) is 1. The molecule has 1 aromatic rings. The topological polar surface area (TPSA) is 68.3 Å². The Bertz CT molecular complexity index is 365. The van der Waals surface area contributed by atoms with Crippen LogP contribution in [0.15, 0.2) is 24.4 Å². The number of aromatic nitrogens is 1. The van der Waals surface area contributed by atoms with Crippen LogP contribution in [0.25, 0.3) is 0 Å². The fourth-order valence-electron chi connectivity index (χ4n) is 1.12. The molecule has 0 bridgehead atoms. The monoisotopic (exact) mass is 235 g/mol. The molecule has 1 aromatic heterocycles. The highest BCUT2D eigenvalue weighted by Gasteiger charge is 2.16. The van der Waals surface area contributed by atoms with Crippen LogP contribution in [0.3, 0.4) is 0 Å². The average Bonchev–Trinajstić information content (AvgIpc) is 2.34. The lowest BCUT2D eigenvalue weighted by Crippen LogP contribution is -2.39. The number of amides is 1. The Morgan fingerprint density at radius 3 is 2.82 bits per heavy atom. The van der Waals surface area contributed by atoms with Crippen LogP contribution in [-0.2, 0) is 16.1 Å². The highest BCUT2D eigenvalue weighted by molar-refractivity contribution is 5.73. The summed E-state index contributed by atoms with van der Waals surface area (Å²) in [4.78, 5) is 25.9. The van der Waals surface area contributed by atoms with Gasteiger partial charge in [-0.05, 0) is 18.1 Å². The highest BCUT2D eigenvalue weighted by Crippen LogP contribution is 2.00. The molecule has 0 aliphatic heterocycles. The molecule has 17 heavy (non-hydrogen) atoms. The van der Waals surface area contributed by atoms with Crippen molar-refractivity contribution in [2.75, 3.05) is 0 Å². The maximum Gasteiger partial charge on any atom is 0.408 e. The van der Waals surface area contributed by atoms with E-state index < -0.39 is 12.1 Å². The number of pyridine rings is 1. The Kier molecular flexibility index (Phi) is 5.13. The van der Waals surface area contributed by atoms with Crippen LogP contribution in [0.2, 0.25) is 0 Å². The van der Waals surface area contributed by atoms with E-state index in [0.717, 1.165) is 0 Å². The van der Waals surface area contributed by atoms with Crippen LogP contribution in [-0.4, -0.2) is 23.4 Å². The quantitative estimate of drug-likeness (QED) is 0.838. The van der Waals surface area contributed by atoms with Crippen molar-refractivity contribution in [3.8, 4) is 0 Å². The number of carbonyl (C=O) groups excluding carboxylic acids is 2. The second-order valence-corrected chi connectivity index (χ2v) is 3.88. The Morgan fingerprint density at radius 2 is 2.29 bits per heavy atom. The molecule has 1 heterocycles. The third kappa shape index (κ3) is 4.63. The van der Waals surface area contributed by atoms with Gasteiger partial charge in [-0.25, -0.2) is 4.79 Å². The lowest BCUT2D eigenvalue weighted by Gasteiger charge is -2.14. The van der Waals surface area contributed by atoms with Crippen molar-refractivity contribution < 1.29 is 14.3 Å². The first-order valence-electron chi connectivity index (χ1n) is 5.34. The Labute approximate surface area is 100 Å². The molecule has 1 amide bonds. The van der Waals surface area contributed by atoms with E-state index in [9.17, 15) is 9.59 Å². The van der Waals surface area contributed by atoms with Crippen LogP contribution < -0.4 is 5.32 Å². The van der Waals surface area contributed by atoms with Crippen LogP contribution >= 0.6 is 0 Å². The molecule has 1 rings (SSSR count). The Morgan fingerprint density at radius 1 is 1.53 bits per heavy atom.